The van der Waals surface area contributed by atoms with Crippen molar-refractivity contribution in [3.8, 4) is 11.5 Å². The SMILES string of the molecule is COc1cc(OC(F)(F)F)ccc1[C@H](N)C1CCCCC1. The van der Waals surface area contributed by atoms with Crippen LogP contribution in [0, 0.1) is 5.92 Å². The zero-order valence-electron chi connectivity index (χ0n) is 12.0. The summed E-state index contributed by atoms with van der Waals surface area (Å²) >= 11 is 0. The normalized spacial score (nSPS) is 18.3. The van der Waals surface area contributed by atoms with Gasteiger partial charge in [-0.3, -0.25) is 0 Å². The van der Waals surface area contributed by atoms with Crippen molar-refractivity contribution in [2.24, 2.45) is 11.7 Å². The maximum Gasteiger partial charge on any atom is 0.573 e. The van der Waals surface area contributed by atoms with Crippen LogP contribution in [0.2, 0.25) is 0 Å². The van der Waals surface area contributed by atoms with Gasteiger partial charge in [0.25, 0.3) is 0 Å². The highest BCUT2D eigenvalue weighted by atomic mass is 19.4. The molecule has 1 aliphatic rings. The minimum atomic E-state index is -4.71. The quantitative estimate of drug-likeness (QED) is 0.907. The summed E-state index contributed by atoms with van der Waals surface area (Å²) in [6.45, 7) is 0. The molecule has 0 aliphatic heterocycles. The first kappa shape index (κ1) is 15.9. The molecule has 0 spiro atoms. The van der Waals surface area contributed by atoms with Crippen LogP contribution in [-0.2, 0) is 0 Å². The van der Waals surface area contributed by atoms with Crippen LogP contribution < -0.4 is 15.2 Å². The van der Waals surface area contributed by atoms with Gasteiger partial charge in [0.1, 0.15) is 11.5 Å². The average Bonchev–Trinajstić information content (AvgIpc) is 2.45. The second kappa shape index (κ2) is 6.56. The van der Waals surface area contributed by atoms with Crippen molar-refractivity contribution in [3.05, 3.63) is 23.8 Å². The number of benzene rings is 1. The van der Waals surface area contributed by atoms with Crippen LogP contribution in [0.5, 0.6) is 11.5 Å². The van der Waals surface area contributed by atoms with Crippen molar-refractivity contribution < 1.29 is 22.6 Å². The Labute approximate surface area is 122 Å². The summed E-state index contributed by atoms with van der Waals surface area (Å²) in [5.41, 5.74) is 7.02. The van der Waals surface area contributed by atoms with E-state index in [1.165, 1.54) is 25.7 Å². The Kier molecular flexibility index (Phi) is 4.98. The molecule has 1 saturated carbocycles. The molecule has 2 N–H and O–H groups in total. The van der Waals surface area contributed by atoms with Crippen LogP contribution in [0.25, 0.3) is 0 Å². The molecule has 0 saturated heterocycles. The molecule has 2 rings (SSSR count). The van der Waals surface area contributed by atoms with Crippen LogP contribution in [0.4, 0.5) is 13.2 Å². The van der Waals surface area contributed by atoms with Crippen molar-refractivity contribution in [2.45, 2.75) is 44.5 Å². The summed E-state index contributed by atoms with van der Waals surface area (Å²) in [5, 5.41) is 0. The summed E-state index contributed by atoms with van der Waals surface area (Å²) in [6.07, 6.45) is 0.902. The zero-order valence-corrected chi connectivity index (χ0v) is 12.0. The summed E-state index contributed by atoms with van der Waals surface area (Å²) < 4.78 is 45.8. The van der Waals surface area contributed by atoms with Gasteiger partial charge in [-0.15, -0.1) is 13.2 Å². The molecule has 118 valence electrons. The number of nitrogens with two attached hydrogens (primary N) is 1. The Hall–Kier alpha value is -1.43. The van der Waals surface area contributed by atoms with Gasteiger partial charge < -0.3 is 15.2 Å². The van der Waals surface area contributed by atoms with Crippen LogP contribution in [0.1, 0.15) is 43.7 Å². The Bertz CT molecular complexity index is 470. The first-order valence-electron chi connectivity index (χ1n) is 7.10. The fourth-order valence-corrected chi connectivity index (χ4v) is 2.91. The Morgan fingerprint density at radius 1 is 1.19 bits per heavy atom. The van der Waals surface area contributed by atoms with Crippen molar-refractivity contribution in [1.29, 1.82) is 0 Å². The number of ether oxygens (including phenoxy) is 2. The molecule has 0 radical (unpaired) electrons. The van der Waals surface area contributed by atoms with Crippen molar-refractivity contribution >= 4 is 0 Å². The zero-order chi connectivity index (χ0) is 15.5. The van der Waals surface area contributed by atoms with Gasteiger partial charge >= 0.3 is 6.36 Å². The molecule has 21 heavy (non-hydrogen) atoms. The molecule has 1 atom stereocenters. The highest BCUT2D eigenvalue weighted by Crippen LogP contribution is 2.38. The molecule has 1 fully saturated rings. The maximum absolute atomic E-state index is 12.2. The van der Waals surface area contributed by atoms with Gasteiger partial charge in [0.15, 0.2) is 0 Å². The Morgan fingerprint density at radius 3 is 2.43 bits per heavy atom. The molecule has 0 bridgehead atoms. The van der Waals surface area contributed by atoms with E-state index in [0.29, 0.717) is 11.7 Å². The van der Waals surface area contributed by atoms with Gasteiger partial charge in [-0.2, -0.15) is 0 Å². The molecular weight excluding hydrogens is 283 g/mol. The largest absolute Gasteiger partial charge is 0.573 e. The summed E-state index contributed by atoms with van der Waals surface area (Å²) in [6, 6.07) is 3.87. The van der Waals surface area contributed by atoms with Gasteiger partial charge in [-0.1, -0.05) is 25.3 Å². The molecule has 1 aromatic rings. The smallest absolute Gasteiger partial charge is 0.496 e. The second-order valence-corrected chi connectivity index (χ2v) is 5.38. The monoisotopic (exact) mass is 303 g/mol. The lowest BCUT2D eigenvalue weighted by molar-refractivity contribution is -0.274. The topological polar surface area (TPSA) is 44.5 Å². The van der Waals surface area contributed by atoms with E-state index in [9.17, 15) is 13.2 Å². The molecule has 0 aromatic heterocycles. The predicted molar refractivity (Wildman–Crippen MR) is 73.2 cm³/mol. The third-order valence-electron chi connectivity index (χ3n) is 3.96. The van der Waals surface area contributed by atoms with Gasteiger partial charge in [-0.05, 0) is 24.8 Å². The second-order valence-electron chi connectivity index (χ2n) is 5.38. The van der Waals surface area contributed by atoms with E-state index in [-0.39, 0.29) is 11.8 Å². The van der Waals surface area contributed by atoms with E-state index in [4.69, 9.17) is 10.5 Å². The van der Waals surface area contributed by atoms with Crippen LogP contribution in [-0.4, -0.2) is 13.5 Å². The molecule has 0 unspecified atom stereocenters. The molecular formula is C15H20F3NO2. The Balaban J connectivity index is 2.19. The lowest BCUT2D eigenvalue weighted by Crippen LogP contribution is -2.24. The number of halogens is 3. The number of methoxy groups -OCH3 is 1. The maximum atomic E-state index is 12.2. The lowest BCUT2D eigenvalue weighted by atomic mass is 9.81. The number of hydrogen-bond donors (Lipinski definition) is 1. The highest BCUT2D eigenvalue weighted by molar-refractivity contribution is 5.42. The van der Waals surface area contributed by atoms with Gasteiger partial charge in [0, 0.05) is 17.7 Å². The highest BCUT2D eigenvalue weighted by Gasteiger charge is 2.32. The standard InChI is InChI=1S/C15H20F3NO2/c1-20-13-9-11(21-15(16,17)18)7-8-12(13)14(19)10-5-3-2-4-6-10/h7-10,14H,2-6,19H2,1H3/t14-/m1/s1. The molecule has 1 aromatic carbocycles. The molecule has 3 nitrogen and oxygen atoms in total. The van der Waals surface area contributed by atoms with Crippen molar-refractivity contribution in [1.82, 2.24) is 0 Å². The van der Waals surface area contributed by atoms with Gasteiger partial charge in [0.05, 0.1) is 7.11 Å². The van der Waals surface area contributed by atoms with E-state index in [2.05, 4.69) is 4.74 Å². The predicted octanol–water partition coefficient (Wildman–Crippen LogP) is 4.17. The third-order valence-corrected chi connectivity index (χ3v) is 3.96. The molecule has 0 heterocycles. The fraction of sp³-hybridized carbons (Fsp3) is 0.600. The van der Waals surface area contributed by atoms with E-state index < -0.39 is 6.36 Å². The molecule has 0 amide bonds. The number of alkyl halides is 3. The summed E-state index contributed by atoms with van der Waals surface area (Å²) in [5.74, 6) is 0.399. The van der Waals surface area contributed by atoms with Crippen LogP contribution in [0.3, 0.4) is 0 Å². The van der Waals surface area contributed by atoms with Gasteiger partial charge in [-0.25, -0.2) is 0 Å². The molecule has 1 aliphatic carbocycles. The number of rotatable bonds is 4. The lowest BCUT2D eigenvalue weighted by Gasteiger charge is -2.28. The van der Waals surface area contributed by atoms with Gasteiger partial charge in [0.2, 0.25) is 0 Å². The fourth-order valence-electron chi connectivity index (χ4n) is 2.91. The average molecular weight is 303 g/mol. The third kappa shape index (κ3) is 4.27. The van der Waals surface area contributed by atoms with Crippen LogP contribution in [0.15, 0.2) is 18.2 Å². The number of hydrogen-bond acceptors (Lipinski definition) is 3. The summed E-state index contributed by atoms with van der Waals surface area (Å²) in [7, 11) is 1.42. The first-order chi connectivity index (χ1) is 9.90. The van der Waals surface area contributed by atoms with Crippen LogP contribution >= 0.6 is 0 Å². The molecule has 6 heteroatoms. The minimum Gasteiger partial charge on any atom is -0.496 e. The van der Waals surface area contributed by atoms with E-state index >= 15 is 0 Å². The summed E-state index contributed by atoms with van der Waals surface area (Å²) in [4.78, 5) is 0. The van der Waals surface area contributed by atoms with E-state index in [1.807, 2.05) is 0 Å². The minimum absolute atomic E-state index is 0.222. The van der Waals surface area contributed by atoms with Crippen molar-refractivity contribution in [3.63, 3.8) is 0 Å². The Morgan fingerprint density at radius 2 is 1.86 bits per heavy atom. The first-order valence-corrected chi connectivity index (χ1v) is 7.10. The van der Waals surface area contributed by atoms with E-state index in [0.717, 1.165) is 31.2 Å². The van der Waals surface area contributed by atoms with Crippen molar-refractivity contribution in [2.75, 3.05) is 7.11 Å². The van der Waals surface area contributed by atoms with E-state index in [1.54, 1.807) is 6.07 Å².